The predicted octanol–water partition coefficient (Wildman–Crippen LogP) is 7.28. The Hall–Kier alpha value is -3.01. The van der Waals surface area contributed by atoms with E-state index >= 15 is 0 Å². The fourth-order valence-corrected chi connectivity index (χ4v) is 3.79. The summed E-state index contributed by atoms with van der Waals surface area (Å²) in [6, 6.07) is 29.5. The van der Waals surface area contributed by atoms with Crippen LogP contribution in [0.1, 0.15) is 16.7 Å². The third-order valence-electron chi connectivity index (χ3n) is 4.32. The van der Waals surface area contributed by atoms with Crippen LogP contribution in [0.2, 0.25) is 0 Å². The molecule has 0 amide bonds. The molecule has 4 nitrogen and oxygen atoms in total. The Morgan fingerprint density at radius 3 is 1.06 bits per heavy atom. The van der Waals surface area contributed by atoms with Crippen LogP contribution in [0.4, 0.5) is 0 Å². The van der Waals surface area contributed by atoms with Gasteiger partial charge in [0.1, 0.15) is 0 Å². The van der Waals surface area contributed by atoms with Crippen molar-refractivity contribution in [2.45, 2.75) is 0 Å². The Morgan fingerprint density at radius 2 is 0.781 bits per heavy atom. The minimum absolute atomic E-state index is 0.108. The van der Waals surface area contributed by atoms with Gasteiger partial charge in [-0.1, -0.05) is 127 Å². The Balaban J connectivity index is 1.55. The van der Waals surface area contributed by atoms with E-state index in [0.29, 0.717) is 0 Å². The standard InChI is InChI=1S/C27H27O4P/c28-32(29-22-10-19-25-13-4-1-5-14-25,30-23-11-20-26-15-6-2-7-16-26)31-24-12-21-27-17-8-3-9-18-27/h1-21H,22-24H2/b19-10+,20-11+,21-12+. The summed E-state index contributed by atoms with van der Waals surface area (Å²) < 4.78 is 29.6. The highest BCUT2D eigenvalue weighted by atomic mass is 31.2. The average molecular weight is 446 g/mol. The Bertz CT molecular complexity index is 908. The van der Waals surface area contributed by atoms with E-state index < -0.39 is 7.82 Å². The van der Waals surface area contributed by atoms with Crippen LogP contribution in [0.3, 0.4) is 0 Å². The molecule has 0 aliphatic rings. The van der Waals surface area contributed by atoms with Crippen molar-refractivity contribution < 1.29 is 18.1 Å². The molecule has 3 aromatic carbocycles. The summed E-state index contributed by atoms with van der Waals surface area (Å²) in [6.07, 6.45) is 11.1. The minimum Gasteiger partial charge on any atom is -0.283 e. The average Bonchev–Trinajstić information content (AvgIpc) is 2.85. The molecule has 0 bridgehead atoms. The van der Waals surface area contributed by atoms with E-state index in [1.165, 1.54) is 0 Å². The van der Waals surface area contributed by atoms with E-state index in [0.717, 1.165) is 16.7 Å². The van der Waals surface area contributed by atoms with E-state index in [4.69, 9.17) is 13.6 Å². The lowest BCUT2D eigenvalue weighted by Gasteiger charge is -2.15. The SMILES string of the molecule is O=P(OC/C=C/c1ccccc1)(OC/C=C/c1ccccc1)OC/C=C/c1ccccc1. The van der Waals surface area contributed by atoms with Crippen LogP contribution in [0, 0.1) is 0 Å². The Kier molecular flexibility index (Phi) is 9.91. The van der Waals surface area contributed by atoms with E-state index in [2.05, 4.69) is 0 Å². The van der Waals surface area contributed by atoms with E-state index in [-0.39, 0.29) is 19.8 Å². The van der Waals surface area contributed by atoms with Crippen LogP contribution in [0.15, 0.2) is 109 Å². The van der Waals surface area contributed by atoms with Crippen molar-refractivity contribution in [3.8, 4) is 0 Å². The summed E-state index contributed by atoms with van der Waals surface area (Å²) in [6.45, 7) is 0.324. The van der Waals surface area contributed by atoms with Gasteiger partial charge in [-0.15, -0.1) is 0 Å². The topological polar surface area (TPSA) is 44.8 Å². The summed E-state index contributed by atoms with van der Waals surface area (Å²) in [4.78, 5) is 0. The Labute approximate surface area is 190 Å². The van der Waals surface area contributed by atoms with Crippen molar-refractivity contribution in [3.63, 3.8) is 0 Å². The summed E-state index contributed by atoms with van der Waals surface area (Å²) in [7, 11) is -3.74. The highest BCUT2D eigenvalue weighted by Crippen LogP contribution is 2.49. The molecule has 0 saturated heterocycles. The highest BCUT2D eigenvalue weighted by molar-refractivity contribution is 7.48. The molecule has 0 heterocycles. The Morgan fingerprint density at radius 1 is 0.500 bits per heavy atom. The number of benzene rings is 3. The molecule has 3 rings (SSSR count). The van der Waals surface area contributed by atoms with Gasteiger partial charge in [-0.2, -0.15) is 0 Å². The molecule has 0 saturated carbocycles. The first-order valence-electron chi connectivity index (χ1n) is 10.4. The molecule has 0 atom stereocenters. The molecule has 0 aromatic heterocycles. The minimum atomic E-state index is -3.74. The van der Waals surface area contributed by atoms with Crippen LogP contribution < -0.4 is 0 Å². The maximum Gasteiger partial charge on any atom is 0.475 e. The van der Waals surface area contributed by atoms with Crippen molar-refractivity contribution in [3.05, 3.63) is 126 Å². The maximum atomic E-state index is 13.1. The third-order valence-corrected chi connectivity index (χ3v) is 5.71. The van der Waals surface area contributed by atoms with Gasteiger partial charge < -0.3 is 0 Å². The summed E-state index contributed by atoms with van der Waals surface area (Å²) in [5.74, 6) is 0. The first-order chi connectivity index (χ1) is 15.7. The van der Waals surface area contributed by atoms with Gasteiger partial charge in [-0.3, -0.25) is 13.6 Å². The van der Waals surface area contributed by atoms with Gasteiger partial charge in [0, 0.05) is 0 Å². The number of rotatable bonds is 12. The molecule has 0 radical (unpaired) electrons. The zero-order valence-corrected chi connectivity index (χ0v) is 18.7. The fraction of sp³-hybridized carbons (Fsp3) is 0.111. The second kappa shape index (κ2) is 13.4. The first kappa shape index (κ1) is 23.6. The largest absolute Gasteiger partial charge is 0.475 e. The van der Waals surface area contributed by atoms with Gasteiger partial charge >= 0.3 is 7.82 Å². The van der Waals surface area contributed by atoms with Crippen LogP contribution in [-0.4, -0.2) is 19.8 Å². The monoisotopic (exact) mass is 446 g/mol. The summed E-state index contributed by atoms with van der Waals surface area (Å²) >= 11 is 0. The molecule has 164 valence electrons. The predicted molar refractivity (Wildman–Crippen MR) is 132 cm³/mol. The van der Waals surface area contributed by atoms with E-state index in [1.54, 1.807) is 18.2 Å². The number of phosphoric ester groups is 1. The van der Waals surface area contributed by atoms with Crippen LogP contribution >= 0.6 is 7.82 Å². The summed E-state index contributed by atoms with van der Waals surface area (Å²) in [5, 5.41) is 0. The van der Waals surface area contributed by atoms with Crippen molar-refractivity contribution in [1.29, 1.82) is 0 Å². The molecule has 0 fully saturated rings. The van der Waals surface area contributed by atoms with Gasteiger partial charge in [0.25, 0.3) is 0 Å². The quantitative estimate of drug-likeness (QED) is 0.274. The van der Waals surface area contributed by atoms with E-state index in [9.17, 15) is 4.57 Å². The van der Waals surface area contributed by atoms with E-state index in [1.807, 2.05) is 109 Å². The number of phosphoric acid groups is 1. The van der Waals surface area contributed by atoms with Crippen molar-refractivity contribution in [2.24, 2.45) is 0 Å². The zero-order chi connectivity index (χ0) is 22.3. The van der Waals surface area contributed by atoms with Crippen LogP contribution in [0.5, 0.6) is 0 Å². The molecule has 0 aliphatic heterocycles. The second-order valence-electron chi connectivity index (χ2n) is 6.77. The van der Waals surface area contributed by atoms with Crippen molar-refractivity contribution in [2.75, 3.05) is 19.8 Å². The smallest absolute Gasteiger partial charge is 0.283 e. The van der Waals surface area contributed by atoms with Crippen LogP contribution in [-0.2, 0) is 18.1 Å². The maximum absolute atomic E-state index is 13.1. The fourth-order valence-electron chi connectivity index (χ4n) is 2.76. The number of hydrogen-bond donors (Lipinski definition) is 0. The van der Waals surface area contributed by atoms with Gasteiger partial charge in [0.2, 0.25) is 0 Å². The zero-order valence-electron chi connectivity index (χ0n) is 17.8. The van der Waals surface area contributed by atoms with Crippen LogP contribution in [0.25, 0.3) is 18.2 Å². The molecule has 0 N–H and O–H groups in total. The third kappa shape index (κ3) is 9.01. The molecule has 0 aliphatic carbocycles. The summed E-state index contributed by atoms with van der Waals surface area (Å²) in [5.41, 5.74) is 3.10. The molecule has 3 aromatic rings. The number of hydrogen-bond acceptors (Lipinski definition) is 4. The second-order valence-corrected chi connectivity index (χ2v) is 8.44. The molecule has 0 spiro atoms. The first-order valence-corrected chi connectivity index (χ1v) is 11.9. The molecule has 5 heteroatoms. The lowest BCUT2D eigenvalue weighted by Crippen LogP contribution is -2.01. The van der Waals surface area contributed by atoms with Gasteiger partial charge in [-0.25, -0.2) is 4.57 Å². The molecule has 32 heavy (non-hydrogen) atoms. The van der Waals surface area contributed by atoms with Gasteiger partial charge in [-0.05, 0) is 16.7 Å². The molecule has 0 unspecified atom stereocenters. The lowest BCUT2D eigenvalue weighted by molar-refractivity contribution is 0.141. The normalized spacial score (nSPS) is 12.2. The van der Waals surface area contributed by atoms with Gasteiger partial charge in [0.05, 0.1) is 19.8 Å². The van der Waals surface area contributed by atoms with Gasteiger partial charge in [0.15, 0.2) is 0 Å². The van der Waals surface area contributed by atoms with Crippen molar-refractivity contribution >= 4 is 26.1 Å². The molecular weight excluding hydrogens is 419 g/mol. The van der Waals surface area contributed by atoms with Crippen molar-refractivity contribution in [1.82, 2.24) is 0 Å². The molecular formula is C27H27O4P. The highest BCUT2D eigenvalue weighted by Gasteiger charge is 2.25. The lowest BCUT2D eigenvalue weighted by atomic mass is 10.2.